The molecule has 1 fully saturated rings. The standard InChI is InChI=1S/C15H22N4O2/c1-18(2)15(20)13-9-19(7-8-21-13)14-11-5-3-4-6-12(11)16-10-17-14/h10,13H,3-9H2,1-2H3. The Labute approximate surface area is 125 Å². The van der Waals surface area contributed by atoms with Gasteiger partial charge in [0.15, 0.2) is 6.10 Å². The van der Waals surface area contributed by atoms with Crippen LogP contribution in [0.15, 0.2) is 6.33 Å². The Kier molecular flexibility index (Phi) is 4.05. The number of fused-ring (bicyclic) bond motifs is 1. The summed E-state index contributed by atoms with van der Waals surface area (Å²) in [5, 5.41) is 0. The van der Waals surface area contributed by atoms with Crippen molar-refractivity contribution in [1.82, 2.24) is 14.9 Å². The van der Waals surface area contributed by atoms with E-state index < -0.39 is 6.10 Å². The number of hydrogen-bond acceptors (Lipinski definition) is 5. The van der Waals surface area contributed by atoms with Crippen molar-refractivity contribution >= 4 is 11.7 Å². The summed E-state index contributed by atoms with van der Waals surface area (Å²) in [6.45, 7) is 1.91. The number of anilines is 1. The van der Waals surface area contributed by atoms with E-state index >= 15 is 0 Å². The highest BCUT2D eigenvalue weighted by Gasteiger charge is 2.30. The summed E-state index contributed by atoms with van der Waals surface area (Å²) in [6.07, 6.45) is 5.72. The second kappa shape index (κ2) is 5.97. The maximum absolute atomic E-state index is 12.1. The van der Waals surface area contributed by atoms with Crippen LogP contribution in [0.4, 0.5) is 5.82 Å². The summed E-state index contributed by atoms with van der Waals surface area (Å²) in [5.74, 6) is 1.02. The van der Waals surface area contributed by atoms with E-state index in [2.05, 4.69) is 14.9 Å². The number of ether oxygens (including phenoxy) is 1. The Balaban J connectivity index is 1.82. The maximum Gasteiger partial charge on any atom is 0.253 e. The highest BCUT2D eigenvalue weighted by molar-refractivity contribution is 5.81. The van der Waals surface area contributed by atoms with E-state index in [0.29, 0.717) is 13.2 Å². The largest absolute Gasteiger partial charge is 0.365 e. The molecule has 1 atom stereocenters. The van der Waals surface area contributed by atoms with E-state index in [1.54, 1.807) is 25.3 Å². The summed E-state index contributed by atoms with van der Waals surface area (Å²) in [7, 11) is 3.52. The molecule has 1 amide bonds. The molecule has 1 aromatic heterocycles. The fraction of sp³-hybridized carbons (Fsp3) is 0.667. The first-order valence-corrected chi connectivity index (χ1v) is 7.57. The number of aryl methyl sites for hydroxylation is 1. The average Bonchev–Trinajstić information content (AvgIpc) is 2.53. The van der Waals surface area contributed by atoms with Crippen molar-refractivity contribution in [2.24, 2.45) is 0 Å². The fourth-order valence-electron chi connectivity index (χ4n) is 3.06. The molecule has 1 aliphatic carbocycles. The van der Waals surface area contributed by atoms with Gasteiger partial charge in [0.25, 0.3) is 5.91 Å². The molecule has 21 heavy (non-hydrogen) atoms. The van der Waals surface area contributed by atoms with Crippen LogP contribution in [-0.2, 0) is 22.4 Å². The first-order valence-electron chi connectivity index (χ1n) is 7.57. The van der Waals surface area contributed by atoms with Gasteiger partial charge in [0.2, 0.25) is 0 Å². The third-order valence-corrected chi connectivity index (χ3v) is 4.18. The Morgan fingerprint density at radius 2 is 2.14 bits per heavy atom. The molecule has 0 spiro atoms. The molecule has 114 valence electrons. The molecule has 1 aromatic rings. The Bertz CT molecular complexity index is 532. The number of likely N-dealkylation sites (N-methyl/N-ethyl adjacent to an activating group) is 1. The first-order chi connectivity index (χ1) is 10.2. The van der Waals surface area contributed by atoms with Crippen LogP contribution in [0, 0.1) is 0 Å². The number of carbonyl (C=O) groups excluding carboxylic acids is 1. The van der Waals surface area contributed by atoms with Gasteiger partial charge in [-0.05, 0) is 25.7 Å². The van der Waals surface area contributed by atoms with Crippen LogP contribution in [-0.4, -0.2) is 60.7 Å². The molecular formula is C15H22N4O2. The van der Waals surface area contributed by atoms with Crippen LogP contribution < -0.4 is 4.90 Å². The molecule has 2 aliphatic rings. The third-order valence-electron chi connectivity index (χ3n) is 4.18. The van der Waals surface area contributed by atoms with Gasteiger partial charge >= 0.3 is 0 Å². The van der Waals surface area contributed by atoms with Crippen LogP contribution in [0.3, 0.4) is 0 Å². The van der Waals surface area contributed by atoms with Crippen molar-refractivity contribution in [3.8, 4) is 0 Å². The van der Waals surface area contributed by atoms with E-state index in [1.807, 2.05) is 0 Å². The monoisotopic (exact) mass is 290 g/mol. The normalized spacial score (nSPS) is 21.8. The summed E-state index contributed by atoms with van der Waals surface area (Å²) < 4.78 is 5.62. The van der Waals surface area contributed by atoms with Gasteiger partial charge in [-0.2, -0.15) is 0 Å². The van der Waals surface area contributed by atoms with Crippen molar-refractivity contribution in [3.05, 3.63) is 17.6 Å². The number of nitrogens with zero attached hydrogens (tertiary/aromatic N) is 4. The van der Waals surface area contributed by atoms with Crippen LogP contribution in [0.1, 0.15) is 24.1 Å². The summed E-state index contributed by atoms with van der Waals surface area (Å²) in [5.41, 5.74) is 2.44. The smallest absolute Gasteiger partial charge is 0.253 e. The predicted octanol–water partition coefficient (Wildman–Crippen LogP) is 0.649. The SMILES string of the molecule is CN(C)C(=O)C1CN(c2ncnc3c2CCCC3)CCO1. The summed E-state index contributed by atoms with van der Waals surface area (Å²) >= 11 is 0. The third kappa shape index (κ3) is 2.85. The molecule has 1 unspecified atom stereocenters. The van der Waals surface area contributed by atoms with Crippen LogP contribution in [0.2, 0.25) is 0 Å². The Morgan fingerprint density at radius 3 is 2.95 bits per heavy atom. The minimum absolute atomic E-state index is 0.0163. The number of aromatic nitrogens is 2. The van der Waals surface area contributed by atoms with Gasteiger partial charge in [0.1, 0.15) is 12.1 Å². The van der Waals surface area contributed by atoms with Gasteiger partial charge in [-0.3, -0.25) is 4.79 Å². The van der Waals surface area contributed by atoms with Crippen LogP contribution >= 0.6 is 0 Å². The number of rotatable bonds is 2. The van der Waals surface area contributed by atoms with Gasteiger partial charge in [-0.1, -0.05) is 0 Å². The highest BCUT2D eigenvalue weighted by Crippen LogP contribution is 2.28. The lowest BCUT2D eigenvalue weighted by atomic mass is 9.96. The van der Waals surface area contributed by atoms with Gasteiger partial charge in [-0.25, -0.2) is 9.97 Å². The first kappa shape index (κ1) is 14.3. The lowest BCUT2D eigenvalue weighted by Crippen LogP contribution is -2.50. The minimum Gasteiger partial charge on any atom is -0.365 e. The van der Waals surface area contributed by atoms with Crippen molar-refractivity contribution < 1.29 is 9.53 Å². The van der Waals surface area contributed by atoms with Crippen molar-refractivity contribution in [3.63, 3.8) is 0 Å². The zero-order valence-corrected chi connectivity index (χ0v) is 12.7. The molecule has 0 saturated carbocycles. The Morgan fingerprint density at radius 1 is 1.33 bits per heavy atom. The Hall–Kier alpha value is -1.69. The van der Waals surface area contributed by atoms with Gasteiger partial charge < -0.3 is 14.5 Å². The lowest BCUT2D eigenvalue weighted by molar-refractivity contribution is -0.141. The molecule has 3 rings (SSSR count). The number of morpholine rings is 1. The van der Waals surface area contributed by atoms with Crippen molar-refractivity contribution in [1.29, 1.82) is 0 Å². The van der Waals surface area contributed by atoms with E-state index in [1.165, 1.54) is 24.1 Å². The summed E-state index contributed by atoms with van der Waals surface area (Å²) in [6, 6.07) is 0. The predicted molar refractivity (Wildman–Crippen MR) is 79.3 cm³/mol. The number of amides is 1. The molecule has 0 N–H and O–H groups in total. The molecule has 6 heteroatoms. The second-order valence-electron chi connectivity index (χ2n) is 5.87. The van der Waals surface area contributed by atoms with E-state index in [4.69, 9.17) is 4.74 Å². The van der Waals surface area contributed by atoms with Crippen LogP contribution in [0.25, 0.3) is 0 Å². The lowest BCUT2D eigenvalue weighted by Gasteiger charge is -2.35. The van der Waals surface area contributed by atoms with Gasteiger partial charge in [0.05, 0.1) is 13.2 Å². The number of hydrogen-bond donors (Lipinski definition) is 0. The maximum atomic E-state index is 12.1. The van der Waals surface area contributed by atoms with Crippen molar-refractivity contribution in [2.45, 2.75) is 31.8 Å². The summed E-state index contributed by atoms with van der Waals surface area (Å²) in [4.78, 5) is 24.8. The molecule has 1 saturated heterocycles. The zero-order chi connectivity index (χ0) is 14.8. The molecular weight excluding hydrogens is 268 g/mol. The fourth-order valence-corrected chi connectivity index (χ4v) is 3.06. The molecule has 6 nitrogen and oxygen atoms in total. The topological polar surface area (TPSA) is 58.6 Å². The zero-order valence-electron chi connectivity index (χ0n) is 12.7. The number of carbonyl (C=O) groups is 1. The average molecular weight is 290 g/mol. The second-order valence-corrected chi connectivity index (χ2v) is 5.87. The molecule has 0 radical (unpaired) electrons. The molecule has 0 bridgehead atoms. The highest BCUT2D eigenvalue weighted by atomic mass is 16.5. The minimum atomic E-state index is -0.400. The van der Waals surface area contributed by atoms with E-state index in [-0.39, 0.29) is 5.91 Å². The molecule has 0 aromatic carbocycles. The van der Waals surface area contributed by atoms with Crippen molar-refractivity contribution in [2.75, 3.05) is 38.7 Å². The van der Waals surface area contributed by atoms with Crippen LogP contribution in [0.5, 0.6) is 0 Å². The molecule has 2 heterocycles. The van der Waals surface area contributed by atoms with E-state index in [9.17, 15) is 4.79 Å². The van der Waals surface area contributed by atoms with Gasteiger partial charge in [0, 0.05) is 31.9 Å². The van der Waals surface area contributed by atoms with E-state index in [0.717, 1.165) is 25.2 Å². The van der Waals surface area contributed by atoms with Gasteiger partial charge in [-0.15, -0.1) is 0 Å². The molecule has 1 aliphatic heterocycles. The quantitative estimate of drug-likeness (QED) is 0.800.